The van der Waals surface area contributed by atoms with E-state index in [1.165, 1.54) is 11.1 Å². The SMILES string of the molecule is Cc1ccccc1CC1=NC2CCNCC2N1. The Balaban J connectivity index is 1.72. The van der Waals surface area contributed by atoms with Crippen LogP contribution in [0.5, 0.6) is 0 Å². The molecule has 0 spiro atoms. The lowest BCUT2D eigenvalue weighted by molar-refractivity contribution is 0.402. The van der Waals surface area contributed by atoms with Crippen LogP contribution in [0, 0.1) is 6.92 Å². The Kier molecular flexibility index (Phi) is 2.85. The molecule has 0 radical (unpaired) electrons. The minimum absolute atomic E-state index is 0.496. The molecule has 90 valence electrons. The first-order valence-electron chi connectivity index (χ1n) is 6.41. The molecule has 2 aliphatic rings. The highest BCUT2D eigenvalue weighted by atomic mass is 15.2. The van der Waals surface area contributed by atoms with Crippen molar-refractivity contribution in [3.05, 3.63) is 35.4 Å². The molecule has 0 aromatic heterocycles. The molecule has 17 heavy (non-hydrogen) atoms. The van der Waals surface area contributed by atoms with Crippen LogP contribution in [0.15, 0.2) is 29.3 Å². The molecule has 0 bridgehead atoms. The number of fused-ring (bicyclic) bond motifs is 1. The maximum absolute atomic E-state index is 4.81. The van der Waals surface area contributed by atoms with Crippen LogP contribution >= 0.6 is 0 Å². The molecule has 2 atom stereocenters. The normalized spacial score (nSPS) is 27.2. The topological polar surface area (TPSA) is 36.4 Å². The van der Waals surface area contributed by atoms with Gasteiger partial charge in [-0.3, -0.25) is 4.99 Å². The van der Waals surface area contributed by atoms with Gasteiger partial charge in [0.2, 0.25) is 0 Å². The van der Waals surface area contributed by atoms with E-state index in [1.54, 1.807) is 0 Å². The fourth-order valence-electron chi connectivity index (χ4n) is 2.68. The van der Waals surface area contributed by atoms with Crippen LogP contribution in [0.25, 0.3) is 0 Å². The summed E-state index contributed by atoms with van der Waals surface area (Å²) < 4.78 is 0. The molecule has 2 heterocycles. The molecule has 2 unspecified atom stereocenters. The van der Waals surface area contributed by atoms with Crippen molar-refractivity contribution in [3.8, 4) is 0 Å². The van der Waals surface area contributed by atoms with Crippen molar-refractivity contribution >= 4 is 5.84 Å². The number of nitrogens with zero attached hydrogens (tertiary/aromatic N) is 1. The zero-order valence-electron chi connectivity index (χ0n) is 10.2. The summed E-state index contributed by atoms with van der Waals surface area (Å²) in [4.78, 5) is 4.81. The average molecular weight is 229 g/mol. The zero-order valence-corrected chi connectivity index (χ0v) is 10.2. The van der Waals surface area contributed by atoms with Gasteiger partial charge in [0.05, 0.1) is 12.1 Å². The maximum Gasteiger partial charge on any atom is 0.101 e. The molecule has 0 saturated carbocycles. The average Bonchev–Trinajstić information content (AvgIpc) is 2.74. The number of hydrogen-bond donors (Lipinski definition) is 2. The van der Waals surface area contributed by atoms with E-state index in [1.807, 2.05) is 0 Å². The Hall–Kier alpha value is -1.35. The zero-order chi connectivity index (χ0) is 11.7. The number of amidine groups is 1. The summed E-state index contributed by atoms with van der Waals surface area (Å²) in [6.07, 6.45) is 2.11. The Morgan fingerprint density at radius 1 is 1.35 bits per heavy atom. The van der Waals surface area contributed by atoms with Gasteiger partial charge in [0, 0.05) is 13.0 Å². The van der Waals surface area contributed by atoms with Gasteiger partial charge >= 0.3 is 0 Å². The minimum atomic E-state index is 0.496. The van der Waals surface area contributed by atoms with Crippen molar-refractivity contribution in [3.63, 3.8) is 0 Å². The lowest BCUT2D eigenvalue weighted by Crippen LogP contribution is -2.48. The van der Waals surface area contributed by atoms with Gasteiger partial charge in [-0.2, -0.15) is 0 Å². The van der Waals surface area contributed by atoms with E-state index in [0.717, 1.165) is 31.8 Å². The minimum Gasteiger partial charge on any atom is -0.367 e. The van der Waals surface area contributed by atoms with Crippen LogP contribution < -0.4 is 10.6 Å². The number of hydrogen-bond acceptors (Lipinski definition) is 3. The molecule has 1 aromatic carbocycles. The van der Waals surface area contributed by atoms with E-state index in [-0.39, 0.29) is 0 Å². The fraction of sp³-hybridized carbons (Fsp3) is 0.500. The quantitative estimate of drug-likeness (QED) is 0.801. The first kappa shape index (κ1) is 10.8. The summed E-state index contributed by atoms with van der Waals surface area (Å²) in [7, 11) is 0. The van der Waals surface area contributed by atoms with E-state index < -0.39 is 0 Å². The van der Waals surface area contributed by atoms with E-state index in [2.05, 4.69) is 41.8 Å². The van der Waals surface area contributed by atoms with Crippen LogP contribution in [0.2, 0.25) is 0 Å². The second-order valence-electron chi connectivity index (χ2n) is 4.99. The van der Waals surface area contributed by atoms with Gasteiger partial charge in [-0.25, -0.2) is 0 Å². The highest BCUT2D eigenvalue weighted by molar-refractivity contribution is 5.86. The third-order valence-corrected chi connectivity index (χ3v) is 3.74. The third kappa shape index (κ3) is 2.20. The van der Waals surface area contributed by atoms with Gasteiger partial charge in [-0.05, 0) is 31.0 Å². The molecule has 3 nitrogen and oxygen atoms in total. The Morgan fingerprint density at radius 2 is 2.24 bits per heavy atom. The summed E-state index contributed by atoms with van der Waals surface area (Å²) in [5, 5.41) is 6.97. The van der Waals surface area contributed by atoms with Crippen molar-refractivity contribution in [1.29, 1.82) is 0 Å². The summed E-state index contributed by atoms with van der Waals surface area (Å²) in [6.45, 7) is 4.31. The van der Waals surface area contributed by atoms with Crippen molar-refractivity contribution in [2.45, 2.75) is 31.8 Å². The van der Waals surface area contributed by atoms with Gasteiger partial charge in [0.1, 0.15) is 5.84 Å². The smallest absolute Gasteiger partial charge is 0.101 e. The summed E-state index contributed by atoms with van der Waals surface area (Å²) in [6, 6.07) is 9.57. The molecule has 1 aromatic rings. The van der Waals surface area contributed by atoms with Crippen molar-refractivity contribution in [2.24, 2.45) is 4.99 Å². The summed E-state index contributed by atoms with van der Waals surface area (Å²) in [5.74, 6) is 1.16. The van der Waals surface area contributed by atoms with Crippen molar-refractivity contribution < 1.29 is 0 Å². The predicted octanol–water partition coefficient (Wildman–Crippen LogP) is 1.27. The number of rotatable bonds is 2. The number of aryl methyl sites for hydroxylation is 1. The van der Waals surface area contributed by atoms with Crippen molar-refractivity contribution in [2.75, 3.05) is 13.1 Å². The fourth-order valence-corrected chi connectivity index (χ4v) is 2.68. The second-order valence-corrected chi connectivity index (χ2v) is 4.99. The third-order valence-electron chi connectivity index (χ3n) is 3.74. The second kappa shape index (κ2) is 4.49. The van der Waals surface area contributed by atoms with Gasteiger partial charge in [-0.1, -0.05) is 24.3 Å². The molecule has 1 fully saturated rings. The van der Waals surface area contributed by atoms with Gasteiger partial charge in [0.25, 0.3) is 0 Å². The Morgan fingerprint density at radius 3 is 3.06 bits per heavy atom. The van der Waals surface area contributed by atoms with Gasteiger partial charge < -0.3 is 10.6 Å². The highest BCUT2D eigenvalue weighted by Gasteiger charge is 2.30. The van der Waals surface area contributed by atoms with Crippen LogP contribution in [-0.4, -0.2) is 31.0 Å². The lowest BCUT2D eigenvalue weighted by atomic mass is 10.0. The van der Waals surface area contributed by atoms with Crippen LogP contribution in [0.3, 0.4) is 0 Å². The molecule has 1 saturated heterocycles. The Labute approximate surface area is 102 Å². The van der Waals surface area contributed by atoms with E-state index >= 15 is 0 Å². The van der Waals surface area contributed by atoms with Crippen LogP contribution in [-0.2, 0) is 6.42 Å². The van der Waals surface area contributed by atoms with E-state index in [9.17, 15) is 0 Å². The van der Waals surface area contributed by atoms with E-state index in [0.29, 0.717) is 12.1 Å². The molecule has 0 amide bonds. The molecular formula is C14H19N3. The van der Waals surface area contributed by atoms with Gasteiger partial charge in [-0.15, -0.1) is 0 Å². The Bertz CT molecular complexity index is 439. The molecule has 0 aliphatic carbocycles. The number of nitrogens with one attached hydrogen (secondary N) is 2. The number of aliphatic imine (C=N–C) groups is 1. The molecule has 2 N–H and O–H groups in total. The van der Waals surface area contributed by atoms with Crippen molar-refractivity contribution in [1.82, 2.24) is 10.6 Å². The standard InChI is InChI=1S/C14H19N3/c1-10-4-2-3-5-11(10)8-14-16-12-6-7-15-9-13(12)17-14/h2-5,12-13,15H,6-9H2,1H3,(H,16,17). The predicted molar refractivity (Wildman–Crippen MR) is 70.5 cm³/mol. The maximum atomic E-state index is 4.81. The highest BCUT2D eigenvalue weighted by Crippen LogP contribution is 2.16. The first-order chi connectivity index (χ1) is 8.33. The largest absolute Gasteiger partial charge is 0.367 e. The summed E-state index contributed by atoms with van der Waals surface area (Å²) in [5.41, 5.74) is 2.73. The molecule has 3 rings (SSSR count). The molecular weight excluding hydrogens is 210 g/mol. The van der Waals surface area contributed by atoms with Crippen LogP contribution in [0.1, 0.15) is 17.5 Å². The monoisotopic (exact) mass is 229 g/mol. The van der Waals surface area contributed by atoms with Gasteiger partial charge in [0.15, 0.2) is 0 Å². The van der Waals surface area contributed by atoms with Crippen LogP contribution in [0.4, 0.5) is 0 Å². The van der Waals surface area contributed by atoms with E-state index in [4.69, 9.17) is 4.99 Å². The first-order valence-corrected chi connectivity index (χ1v) is 6.41. The number of benzene rings is 1. The molecule has 2 aliphatic heterocycles. The lowest BCUT2D eigenvalue weighted by Gasteiger charge is -2.24. The number of piperidine rings is 1. The summed E-state index contributed by atoms with van der Waals surface area (Å²) >= 11 is 0. The molecule has 3 heteroatoms.